The fraction of sp³-hybridized carbons (Fsp3) is 0.350. The van der Waals surface area contributed by atoms with Gasteiger partial charge in [-0.05, 0) is 24.5 Å². The van der Waals surface area contributed by atoms with E-state index in [1.54, 1.807) is 11.0 Å². The molecule has 26 heavy (non-hydrogen) atoms. The zero-order valence-corrected chi connectivity index (χ0v) is 16.6. The van der Waals surface area contributed by atoms with Crippen LogP contribution in [0.5, 0.6) is 0 Å². The maximum Gasteiger partial charge on any atom is 0.266 e. The molecule has 6 heteroatoms. The van der Waals surface area contributed by atoms with Gasteiger partial charge in [0.2, 0.25) is 5.91 Å². The molecule has 1 aliphatic rings. The largest absolute Gasteiger partial charge is 0.356 e. The van der Waals surface area contributed by atoms with Gasteiger partial charge in [-0.1, -0.05) is 79.8 Å². The van der Waals surface area contributed by atoms with Crippen LogP contribution >= 0.6 is 24.0 Å². The van der Waals surface area contributed by atoms with Crippen molar-refractivity contribution < 1.29 is 9.59 Å². The second kappa shape index (κ2) is 10.9. The van der Waals surface area contributed by atoms with E-state index in [9.17, 15) is 9.59 Å². The lowest BCUT2D eigenvalue weighted by molar-refractivity contribution is -0.124. The molecular weight excluding hydrogens is 364 g/mol. The Labute approximate surface area is 164 Å². The maximum atomic E-state index is 12.5. The topological polar surface area (TPSA) is 49.4 Å². The molecule has 1 aliphatic heterocycles. The van der Waals surface area contributed by atoms with E-state index in [1.165, 1.54) is 11.8 Å². The number of unbranched alkanes of at least 4 members (excludes halogenated alkanes) is 1. The van der Waals surface area contributed by atoms with E-state index in [0.29, 0.717) is 35.2 Å². The Hall–Kier alpha value is -1.92. The van der Waals surface area contributed by atoms with Gasteiger partial charge in [0, 0.05) is 19.5 Å². The Morgan fingerprint density at radius 3 is 2.77 bits per heavy atom. The molecule has 0 atom stereocenters. The Morgan fingerprint density at radius 1 is 1.27 bits per heavy atom. The minimum absolute atomic E-state index is 0.0326. The van der Waals surface area contributed by atoms with Crippen molar-refractivity contribution in [3.8, 4) is 0 Å². The highest BCUT2D eigenvalue weighted by Gasteiger charge is 2.31. The smallest absolute Gasteiger partial charge is 0.266 e. The number of nitrogens with zero attached hydrogens (tertiary/aromatic N) is 1. The number of benzene rings is 1. The first-order valence-corrected chi connectivity index (χ1v) is 10.1. The van der Waals surface area contributed by atoms with Crippen molar-refractivity contribution in [2.75, 3.05) is 13.1 Å². The summed E-state index contributed by atoms with van der Waals surface area (Å²) in [6.45, 7) is 3.28. The second-order valence-electron chi connectivity index (χ2n) is 5.93. The number of nitrogens with one attached hydrogen (secondary N) is 1. The van der Waals surface area contributed by atoms with Crippen LogP contribution in [-0.2, 0) is 9.59 Å². The predicted octanol–water partition coefficient (Wildman–Crippen LogP) is 4.14. The van der Waals surface area contributed by atoms with Crippen molar-refractivity contribution in [3.63, 3.8) is 0 Å². The number of carbonyl (C=O) groups excluding carboxylic acids is 2. The number of hydrogen-bond donors (Lipinski definition) is 1. The number of rotatable bonds is 9. The number of hydrogen-bond acceptors (Lipinski definition) is 4. The standard InChI is InChI=1S/C20H24N2O2S2/c1-2-3-14-21-18(23)13-8-15-22-19(24)17(26-20(22)25)12-7-11-16-9-5-4-6-10-16/h4-7,9-12H,2-3,8,13-15H2,1H3,(H,21,23)/b11-7+,17-12-. The summed E-state index contributed by atoms with van der Waals surface area (Å²) in [4.78, 5) is 26.4. The van der Waals surface area contributed by atoms with Gasteiger partial charge in [-0.2, -0.15) is 0 Å². The fourth-order valence-corrected chi connectivity index (χ4v) is 3.67. The van der Waals surface area contributed by atoms with Crippen LogP contribution in [0.3, 0.4) is 0 Å². The summed E-state index contributed by atoms with van der Waals surface area (Å²) in [5.41, 5.74) is 1.08. The summed E-state index contributed by atoms with van der Waals surface area (Å²) in [5.74, 6) is -0.0469. The van der Waals surface area contributed by atoms with E-state index < -0.39 is 0 Å². The van der Waals surface area contributed by atoms with Gasteiger partial charge in [0.1, 0.15) is 4.32 Å². The van der Waals surface area contributed by atoms with Gasteiger partial charge in [0.15, 0.2) is 0 Å². The predicted molar refractivity (Wildman–Crippen MR) is 113 cm³/mol. The molecule has 2 rings (SSSR count). The van der Waals surface area contributed by atoms with Gasteiger partial charge < -0.3 is 5.32 Å². The van der Waals surface area contributed by atoms with Crippen LogP contribution in [0.4, 0.5) is 0 Å². The number of thioether (sulfide) groups is 1. The van der Waals surface area contributed by atoms with Crippen molar-refractivity contribution >= 4 is 46.2 Å². The third kappa shape index (κ3) is 6.42. The molecule has 0 bridgehead atoms. The lowest BCUT2D eigenvalue weighted by atomic mass is 10.2. The SMILES string of the molecule is CCCCNC(=O)CCCN1C(=O)/C(=C/C=C/c2ccccc2)SC1=S. The van der Waals surface area contributed by atoms with Crippen molar-refractivity contribution in [3.05, 3.63) is 53.0 Å². The van der Waals surface area contributed by atoms with Crippen LogP contribution in [0.2, 0.25) is 0 Å². The quantitative estimate of drug-likeness (QED) is 0.392. The van der Waals surface area contributed by atoms with E-state index in [1.807, 2.05) is 42.5 Å². The molecule has 1 heterocycles. The van der Waals surface area contributed by atoms with E-state index in [4.69, 9.17) is 12.2 Å². The minimum atomic E-state index is -0.0795. The fourth-order valence-electron chi connectivity index (χ4n) is 2.41. The summed E-state index contributed by atoms with van der Waals surface area (Å²) in [6.07, 6.45) is 8.68. The van der Waals surface area contributed by atoms with Crippen LogP contribution in [-0.4, -0.2) is 34.1 Å². The average molecular weight is 389 g/mol. The Balaban J connectivity index is 1.81. The molecule has 1 saturated heterocycles. The maximum absolute atomic E-state index is 12.5. The van der Waals surface area contributed by atoms with Crippen molar-refractivity contribution in [1.29, 1.82) is 0 Å². The molecular formula is C20H24N2O2S2. The highest BCUT2D eigenvalue weighted by atomic mass is 32.2. The number of carbonyl (C=O) groups is 2. The van der Waals surface area contributed by atoms with E-state index >= 15 is 0 Å². The first kappa shape index (κ1) is 20.4. The van der Waals surface area contributed by atoms with Crippen LogP contribution in [0.25, 0.3) is 6.08 Å². The van der Waals surface area contributed by atoms with E-state index in [-0.39, 0.29) is 11.8 Å². The van der Waals surface area contributed by atoms with Gasteiger partial charge in [0.05, 0.1) is 4.91 Å². The molecule has 1 N–H and O–H groups in total. The summed E-state index contributed by atoms with van der Waals surface area (Å²) in [7, 11) is 0. The van der Waals surface area contributed by atoms with Crippen LogP contribution < -0.4 is 5.32 Å². The number of allylic oxidation sites excluding steroid dienone is 2. The molecule has 0 aromatic heterocycles. The van der Waals surface area contributed by atoms with Gasteiger partial charge in [-0.25, -0.2) is 0 Å². The zero-order chi connectivity index (χ0) is 18.8. The molecule has 2 amide bonds. The van der Waals surface area contributed by atoms with Crippen LogP contribution in [0.15, 0.2) is 47.4 Å². The Bertz CT molecular complexity index is 699. The molecule has 4 nitrogen and oxygen atoms in total. The Kier molecular flexibility index (Phi) is 8.58. The molecule has 0 saturated carbocycles. The summed E-state index contributed by atoms with van der Waals surface area (Å²) < 4.78 is 0.556. The third-order valence-electron chi connectivity index (χ3n) is 3.85. The highest BCUT2D eigenvalue weighted by molar-refractivity contribution is 8.26. The number of thiocarbonyl (C=S) groups is 1. The first-order valence-electron chi connectivity index (χ1n) is 8.85. The minimum Gasteiger partial charge on any atom is -0.356 e. The van der Waals surface area contributed by atoms with Crippen LogP contribution in [0, 0.1) is 0 Å². The van der Waals surface area contributed by atoms with Crippen LogP contribution in [0.1, 0.15) is 38.2 Å². The summed E-state index contributed by atoms with van der Waals surface area (Å²) in [5, 5.41) is 2.88. The molecule has 1 fully saturated rings. The van der Waals surface area contributed by atoms with E-state index in [0.717, 1.165) is 18.4 Å². The highest BCUT2D eigenvalue weighted by Crippen LogP contribution is 2.31. The average Bonchev–Trinajstić information content (AvgIpc) is 2.90. The van der Waals surface area contributed by atoms with Gasteiger partial charge in [-0.15, -0.1) is 0 Å². The zero-order valence-electron chi connectivity index (χ0n) is 14.9. The van der Waals surface area contributed by atoms with Gasteiger partial charge in [-0.3, -0.25) is 14.5 Å². The van der Waals surface area contributed by atoms with E-state index in [2.05, 4.69) is 12.2 Å². The van der Waals surface area contributed by atoms with Gasteiger partial charge >= 0.3 is 0 Å². The molecule has 0 aliphatic carbocycles. The lowest BCUT2D eigenvalue weighted by Crippen LogP contribution is -2.30. The molecule has 0 spiro atoms. The summed E-state index contributed by atoms with van der Waals surface area (Å²) >= 11 is 6.62. The molecule has 138 valence electrons. The molecule has 1 aromatic rings. The third-order valence-corrected chi connectivity index (χ3v) is 5.24. The van der Waals surface area contributed by atoms with Gasteiger partial charge in [0.25, 0.3) is 5.91 Å². The summed E-state index contributed by atoms with van der Waals surface area (Å²) in [6, 6.07) is 9.91. The molecule has 0 unspecified atom stereocenters. The van der Waals surface area contributed by atoms with Crippen molar-refractivity contribution in [2.24, 2.45) is 0 Å². The van der Waals surface area contributed by atoms with Crippen molar-refractivity contribution in [2.45, 2.75) is 32.6 Å². The molecule has 0 radical (unpaired) electrons. The van der Waals surface area contributed by atoms with Crippen molar-refractivity contribution in [1.82, 2.24) is 10.2 Å². The lowest BCUT2D eigenvalue weighted by Gasteiger charge is -2.14. The number of amides is 2. The molecule has 1 aromatic carbocycles. The second-order valence-corrected chi connectivity index (χ2v) is 7.61. The monoisotopic (exact) mass is 388 g/mol. The Morgan fingerprint density at radius 2 is 2.04 bits per heavy atom. The normalized spacial score (nSPS) is 16.0. The first-order chi connectivity index (χ1) is 12.6.